The number of hydrogen-bond donors (Lipinski definition) is 0. The highest BCUT2D eigenvalue weighted by molar-refractivity contribution is 5.92. The fourth-order valence-electron chi connectivity index (χ4n) is 3.50. The summed E-state index contributed by atoms with van der Waals surface area (Å²) in [6.45, 7) is 2.86. The van der Waals surface area contributed by atoms with Gasteiger partial charge in [-0.3, -0.25) is 4.79 Å². The molecule has 1 fully saturated rings. The number of amides is 1. The molecule has 0 aliphatic carbocycles. The Kier molecular flexibility index (Phi) is 5.57. The number of fused-ring (bicyclic) bond motifs is 1. The Labute approximate surface area is 172 Å². The van der Waals surface area contributed by atoms with E-state index in [2.05, 4.69) is 0 Å². The maximum Gasteiger partial charge on any atom is 0.416 e. The van der Waals surface area contributed by atoms with E-state index in [1.165, 1.54) is 12.1 Å². The van der Waals surface area contributed by atoms with Gasteiger partial charge in [-0.1, -0.05) is 12.1 Å². The lowest BCUT2D eigenvalue weighted by Crippen LogP contribution is -2.48. The molecule has 4 rings (SSSR count). The smallest absolute Gasteiger partial charge is 0.416 e. The van der Waals surface area contributed by atoms with Crippen molar-refractivity contribution in [3.63, 3.8) is 0 Å². The number of benzene rings is 2. The third kappa shape index (κ3) is 4.53. The number of halogens is 3. The molecular formula is C22H21F3N2O3. The van der Waals surface area contributed by atoms with E-state index in [9.17, 15) is 18.0 Å². The minimum Gasteiger partial charge on any atom is -0.486 e. The van der Waals surface area contributed by atoms with Gasteiger partial charge in [0.1, 0.15) is 13.2 Å². The summed E-state index contributed by atoms with van der Waals surface area (Å²) in [6.07, 6.45) is -1.14. The van der Waals surface area contributed by atoms with Crippen molar-refractivity contribution in [2.24, 2.45) is 0 Å². The molecule has 2 aromatic rings. The van der Waals surface area contributed by atoms with Gasteiger partial charge in [-0.05, 0) is 42.0 Å². The summed E-state index contributed by atoms with van der Waals surface area (Å²) in [5, 5.41) is 0. The van der Waals surface area contributed by atoms with Crippen LogP contribution in [0, 0.1) is 0 Å². The van der Waals surface area contributed by atoms with Gasteiger partial charge in [0.25, 0.3) is 0 Å². The van der Waals surface area contributed by atoms with E-state index in [-0.39, 0.29) is 5.91 Å². The van der Waals surface area contributed by atoms with Crippen molar-refractivity contribution in [1.82, 2.24) is 4.90 Å². The fourth-order valence-corrected chi connectivity index (χ4v) is 3.50. The van der Waals surface area contributed by atoms with Crippen LogP contribution in [0.5, 0.6) is 11.5 Å². The van der Waals surface area contributed by atoms with Crippen molar-refractivity contribution in [3.8, 4) is 11.5 Å². The third-order valence-electron chi connectivity index (χ3n) is 5.11. The first kappa shape index (κ1) is 20.1. The Hall–Kier alpha value is -3.16. The van der Waals surface area contributed by atoms with E-state index in [1.807, 2.05) is 23.1 Å². The van der Waals surface area contributed by atoms with Crippen LogP contribution in [0.1, 0.15) is 11.1 Å². The van der Waals surface area contributed by atoms with E-state index < -0.39 is 11.7 Å². The number of carbonyl (C=O) groups excluding carboxylic acids is 1. The number of piperazine rings is 1. The van der Waals surface area contributed by atoms with Crippen LogP contribution in [0.25, 0.3) is 6.08 Å². The van der Waals surface area contributed by atoms with E-state index in [0.29, 0.717) is 56.6 Å². The van der Waals surface area contributed by atoms with Crippen LogP contribution in [-0.2, 0) is 11.0 Å². The lowest BCUT2D eigenvalue weighted by atomic mass is 10.1. The molecule has 0 bridgehead atoms. The summed E-state index contributed by atoms with van der Waals surface area (Å²) >= 11 is 0. The van der Waals surface area contributed by atoms with E-state index in [0.717, 1.165) is 17.7 Å². The number of carbonyl (C=O) groups is 1. The maximum atomic E-state index is 12.9. The van der Waals surface area contributed by atoms with Crippen molar-refractivity contribution < 1.29 is 27.4 Å². The van der Waals surface area contributed by atoms with Gasteiger partial charge in [-0.25, -0.2) is 0 Å². The van der Waals surface area contributed by atoms with Gasteiger partial charge >= 0.3 is 6.18 Å². The Morgan fingerprint density at radius 1 is 0.933 bits per heavy atom. The summed E-state index contributed by atoms with van der Waals surface area (Å²) in [5.41, 5.74) is 0.680. The predicted octanol–water partition coefficient (Wildman–Crippen LogP) is 3.84. The van der Waals surface area contributed by atoms with Gasteiger partial charge in [0, 0.05) is 37.9 Å². The molecule has 5 nitrogen and oxygen atoms in total. The van der Waals surface area contributed by atoms with Crippen LogP contribution < -0.4 is 14.4 Å². The second kappa shape index (κ2) is 8.30. The first-order valence-electron chi connectivity index (χ1n) is 9.69. The molecule has 0 unspecified atom stereocenters. The third-order valence-corrected chi connectivity index (χ3v) is 5.11. The van der Waals surface area contributed by atoms with Crippen LogP contribution >= 0.6 is 0 Å². The van der Waals surface area contributed by atoms with Gasteiger partial charge in [0.2, 0.25) is 5.91 Å². The van der Waals surface area contributed by atoms with Crippen molar-refractivity contribution >= 4 is 17.7 Å². The summed E-state index contributed by atoms with van der Waals surface area (Å²) in [7, 11) is 0. The molecule has 2 aliphatic rings. The zero-order chi connectivity index (χ0) is 21.1. The van der Waals surface area contributed by atoms with Crippen molar-refractivity contribution in [2.45, 2.75) is 6.18 Å². The van der Waals surface area contributed by atoms with Crippen LogP contribution in [0.15, 0.2) is 48.5 Å². The van der Waals surface area contributed by atoms with E-state index in [4.69, 9.17) is 9.47 Å². The Morgan fingerprint density at radius 2 is 1.67 bits per heavy atom. The number of hydrogen-bond acceptors (Lipinski definition) is 4. The molecule has 30 heavy (non-hydrogen) atoms. The number of ether oxygens (including phenoxy) is 2. The molecule has 0 N–H and O–H groups in total. The normalized spacial score (nSPS) is 16.8. The highest BCUT2D eigenvalue weighted by Crippen LogP contribution is 2.32. The first-order valence-corrected chi connectivity index (χ1v) is 9.69. The number of nitrogens with zero attached hydrogens (tertiary/aromatic N) is 2. The molecule has 2 heterocycles. The van der Waals surface area contributed by atoms with Crippen LogP contribution in [-0.4, -0.2) is 50.2 Å². The molecule has 1 saturated heterocycles. The molecule has 1 amide bonds. The maximum absolute atomic E-state index is 12.9. The first-order chi connectivity index (χ1) is 14.4. The number of anilines is 1. The standard InChI is InChI=1S/C22H21F3N2O3/c23-22(24,25)17-2-1-3-18(15-17)26-8-10-27(11-9-26)21(28)7-5-16-4-6-19-20(14-16)30-13-12-29-19/h1-7,14-15H,8-13H2/b7-5+. The molecule has 158 valence electrons. The highest BCUT2D eigenvalue weighted by atomic mass is 19.4. The van der Waals surface area contributed by atoms with Gasteiger partial charge in [-0.15, -0.1) is 0 Å². The Bertz CT molecular complexity index is 951. The summed E-state index contributed by atoms with van der Waals surface area (Å²) in [4.78, 5) is 16.1. The summed E-state index contributed by atoms with van der Waals surface area (Å²) in [5.74, 6) is 1.22. The molecule has 8 heteroatoms. The van der Waals surface area contributed by atoms with E-state index in [1.54, 1.807) is 17.0 Å². The fraction of sp³-hybridized carbons (Fsp3) is 0.318. The molecule has 2 aliphatic heterocycles. The lowest BCUT2D eigenvalue weighted by Gasteiger charge is -2.36. The minimum atomic E-state index is -4.37. The average Bonchev–Trinajstić information content (AvgIpc) is 2.77. The van der Waals surface area contributed by atoms with Crippen LogP contribution in [0.2, 0.25) is 0 Å². The zero-order valence-corrected chi connectivity index (χ0v) is 16.2. The van der Waals surface area contributed by atoms with Gasteiger partial charge in [0.15, 0.2) is 11.5 Å². The Balaban J connectivity index is 1.35. The SMILES string of the molecule is O=C(/C=C/c1ccc2c(c1)OCCO2)N1CCN(c2cccc(C(F)(F)F)c2)CC1. The molecule has 0 radical (unpaired) electrons. The Morgan fingerprint density at radius 3 is 2.40 bits per heavy atom. The molecule has 0 saturated carbocycles. The number of rotatable bonds is 3. The minimum absolute atomic E-state index is 0.131. The molecule has 2 aromatic carbocycles. The number of alkyl halides is 3. The highest BCUT2D eigenvalue weighted by Gasteiger charge is 2.31. The lowest BCUT2D eigenvalue weighted by molar-refractivity contribution is -0.137. The van der Waals surface area contributed by atoms with Gasteiger partial charge in [-0.2, -0.15) is 13.2 Å². The zero-order valence-electron chi connectivity index (χ0n) is 16.2. The van der Waals surface area contributed by atoms with Crippen molar-refractivity contribution in [1.29, 1.82) is 0 Å². The molecule has 0 atom stereocenters. The molecule has 0 spiro atoms. The second-order valence-electron chi connectivity index (χ2n) is 7.10. The van der Waals surface area contributed by atoms with Gasteiger partial charge < -0.3 is 19.3 Å². The second-order valence-corrected chi connectivity index (χ2v) is 7.10. The van der Waals surface area contributed by atoms with Gasteiger partial charge in [0.05, 0.1) is 5.56 Å². The van der Waals surface area contributed by atoms with E-state index >= 15 is 0 Å². The summed E-state index contributed by atoms with van der Waals surface area (Å²) in [6, 6.07) is 10.8. The largest absolute Gasteiger partial charge is 0.486 e. The monoisotopic (exact) mass is 418 g/mol. The quantitative estimate of drug-likeness (QED) is 0.711. The molecular weight excluding hydrogens is 397 g/mol. The topological polar surface area (TPSA) is 42.0 Å². The van der Waals surface area contributed by atoms with Crippen molar-refractivity contribution in [3.05, 3.63) is 59.7 Å². The predicted molar refractivity (Wildman–Crippen MR) is 107 cm³/mol. The van der Waals surface area contributed by atoms with Crippen molar-refractivity contribution in [2.75, 3.05) is 44.3 Å². The average molecular weight is 418 g/mol. The molecule has 0 aromatic heterocycles. The van der Waals surface area contributed by atoms with Crippen LogP contribution in [0.3, 0.4) is 0 Å². The van der Waals surface area contributed by atoms with Crippen LogP contribution in [0.4, 0.5) is 18.9 Å². The summed E-state index contributed by atoms with van der Waals surface area (Å²) < 4.78 is 49.8.